The lowest BCUT2D eigenvalue weighted by Gasteiger charge is -2.12. The number of pyridine rings is 1. The highest BCUT2D eigenvalue weighted by atomic mass is 16.5. The molecule has 16 heavy (non-hydrogen) atoms. The molecule has 0 amide bonds. The van der Waals surface area contributed by atoms with Gasteiger partial charge in [-0.2, -0.15) is 5.26 Å². The Morgan fingerprint density at radius 1 is 1.56 bits per heavy atom. The van der Waals surface area contributed by atoms with E-state index in [9.17, 15) is 9.59 Å². The van der Waals surface area contributed by atoms with Crippen molar-refractivity contribution in [3.63, 3.8) is 0 Å². The number of hydrogen-bond donors (Lipinski definition) is 0. The monoisotopic (exact) mass is 220 g/mol. The zero-order valence-corrected chi connectivity index (χ0v) is 9.40. The first-order chi connectivity index (χ1) is 7.62. The van der Waals surface area contributed by atoms with E-state index in [0.717, 1.165) is 4.57 Å². The third-order valence-electron chi connectivity index (χ3n) is 2.50. The fraction of sp³-hybridized carbons (Fsp3) is 0.364. The first-order valence-electron chi connectivity index (χ1n) is 4.79. The summed E-state index contributed by atoms with van der Waals surface area (Å²) in [7, 11) is 1.32. The first-order valence-corrected chi connectivity index (χ1v) is 4.79. The van der Waals surface area contributed by atoms with Gasteiger partial charge in [-0.05, 0) is 18.9 Å². The van der Waals surface area contributed by atoms with Crippen molar-refractivity contribution in [1.82, 2.24) is 4.57 Å². The van der Waals surface area contributed by atoms with Gasteiger partial charge in [0.1, 0.15) is 11.6 Å². The number of carbonyl (C=O) groups is 1. The van der Waals surface area contributed by atoms with Gasteiger partial charge in [0.05, 0.1) is 7.11 Å². The highest BCUT2D eigenvalue weighted by molar-refractivity contribution is 5.61. The maximum Gasteiger partial charge on any atom is 0.263 e. The van der Waals surface area contributed by atoms with E-state index in [4.69, 9.17) is 10.00 Å². The van der Waals surface area contributed by atoms with E-state index in [1.165, 1.54) is 7.11 Å². The Labute approximate surface area is 92.9 Å². The number of rotatable bonds is 3. The maximum absolute atomic E-state index is 11.8. The zero-order chi connectivity index (χ0) is 12.3. The molecule has 5 heteroatoms. The predicted octanol–water partition coefficient (Wildman–Crippen LogP) is 0.638. The fourth-order valence-electron chi connectivity index (χ4n) is 1.67. The molecule has 0 saturated heterocycles. The molecule has 0 radical (unpaired) electrons. The summed E-state index contributed by atoms with van der Waals surface area (Å²) in [5.74, 6) is -0.00259. The van der Waals surface area contributed by atoms with Crippen molar-refractivity contribution < 1.29 is 9.53 Å². The molecular formula is C11H12N2O3. The van der Waals surface area contributed by atoms with Gasteiger partial charge in [-0.3, -0.25) is 9.59 Å². The number of hydrogen-bond acceptors (Lipinski definition) is 4. The van der Waals surface area contributed by atoms with Gasteiger partial charge in [-0.25, -0.2) is 4.57 Å². The molecular weight excluding hydrogens is 208 g/mol. The normalized spacial score (nSPS) is 9.62. The van der Waals surface area contributed by atoms with E-state index < -0.39 is 5.56 Å². The quantitative estimate of drug-likeness (QED) is 0.700. The van der Waals surface area contributed by atoms with Crippen LogP contribution in [-0.2, 0) is 11.2 Å². The number of aromatic nitrogens is 1. The molecule has 0 saturated carbocycles. The summed E-state index contributed by atoms with van der Waals surface area (Å²) >= 11 is 0. The minimum absolute atomic E-state index is 0.00259. The molecule has 0 aliphatic carbocycles. The van der Waals surface area contributed by atoms with Crippen LogP contribution in [-0.4, -0.2) is 18.1 Å². The lowest BCUT2D eigenvalue weighted by molar-refractivity contribution is 0.382. The zero-order valence-electron chi connectivity index (χ0n) is 9.40. The van der Waals surface area contributed by atoms with Crippen LogP contribution in [0.5, 0.6) is 5.88 Å². The molecule has 0 bridgehead atoms. The summed E-state index contributed by atoms with van der Waals surface area (Å²) in [6.07, 6.45) is 0.831. The van der Waals surface area contributed by atoms with Crippen LogP contribution in [0.1, 0.15) is 23.6 Å². The third kappa shape index (κ3) is 1.58. The van der Waals surface area contributed by atoms with Crippen LogP contribution in [0.2, 0.25) is 0 Å². The summed E-state index contributed by atoms with van der Waals surface area (Å²) in [5.41, 5.74) is 0.839. The minimum Gasteiger partial charge on any atom is -0.481 e. The second-order valence-corrected chi connectivity index (χ2v) is 3.23. The van der Waals surface area contributed by atoms with Crippen LogP contribution >= 0.6 is 0 Å². The molecule has 5 nitrogen and oxygen atoms in total. The summed E-state index contributed by atoms with van der Waals surface area (Å²) in [6.45, 7) is 3.48. The van der Waals surface area contributed by atoms with Crippen LogP contribution in [0.25, 0.3) is 0 Å². The SMILES string of the molecule is CCc1c(C)c(C#N)c(OC)n(C=O)c1=O. The largest absolute Gasteiger partial charge is 0.481 e. The third-order valence-corrected chi connectivity index (χ3v) is 2.50. The molecule has 0 atom stereocenters. The molecule has 1 aromatic heterocycles. The second-order valence-electron chi connectivity index (χ2n) is 3.23. The Hall–Kier alpha value is -2.09. The van der Waals surface area contributed by atoms with Crippen molar-refractivity contribution in [3.8, 4) is 11.9 Å². The number of nitriles is 1. The Balaban J connectivity index is 3.84. The number of nitrogens with zero attached hydrogens (tertiary/aromatic N) is 2. The van der Waals surface area contributed by atoms with Crippen molar-refractivity contribution in [2.45, 2.75) is 20.3 Å². The van der Waals surface area contributed by atoms with E-state index >= 15 is 0 Å². The van der Waals surface area contributed by atoms with Crippen LogP contribution in [0, 0.1) is 18.3 Å². The molecule has 0 spiro atoms. The molecule has 0 aliphatic heterocycles. The van der Waals surface area contributed by atoms with E-state index in [0.29, 0.717) is 24.0 Å². The first kappa shape index (κ1) is 12.0. The fourth-order valence-corrected chi connectivity index (χ4v) is 1.67. The molecule has 0 aromatic carbocycles. The highest BCUT2D eigenvalue weighted by Crippen LogP contribution is 2.20. The van der Waals surface area contributed by atoms with Gasteiger partial charge in [-0.1, -0.05) is 6.92 Å². The molecule has 0 unspecified atom stereocenters. The average Bonchev–Trinajstić information content (AvgIpc) is 2.29. The topological polar surface area (TPSA) is 72.1 Å². The van der Waals surface area contributed by atoms with Gasteiger partial charge in [0, 0.05) is 5.56 Å². The molecule has 0 aliphatic rings. The van der Waals surface area contributed by atoms with Crippen LogP contribution < -0.4 is 10.3 Å². The predicted molar refractivity (Wildman–Crippen MR) is 58.2 cm³/mol. The highest BCUT2D eigenvalue weighted by Gasteiger charge is 2.18. The van der Waals surface area contributed by atoms with Crippen molar-refractivity contribution in [3.05, 3.63) is 27.0 Å². The van der Waals surface area contributed by atoms with Crippen molar-refractivity contribution >= 4 is 6.41 Å². The smallest absolute Gasteiger partial charge is 0.263 e. The molecule has 1 rings (SSSR count). The van der Waals surface area contributed by atoms with E-state index in [1.807, 2.05) is 6.07 Å². The van der Waals surface area contributed by atoms with Gasteiger partial charge >= 0.3 is 0 Å². The van der Waals surface area contributed by atoms with Gasteiger partial charge < -0.3 is 4.74 Å². The summed E-state index contributed by atoms with van der Waals surface area (Å²) in [5, 5.41) is 9.00. The maximum atomic E-state index is 11.8. The second kappa shape index (κ2) is 4.62. The van der Waals surface area contributed by atoms with E-state index in [1.54, 1.807) is 13.8 Å². The van der Waals surface area contributed by atoms with Gasteiger partial charge in [0.2, 0.25) is 12.3 Å². The van der Waals surface area contributed by atoms with Crippen molar-refractivity contribution in [1.29, 1.82) is 5.26 Å². The number of methoxy groups -OCH3 is 1. The molecule has 1 heterocycles. The average molecular weight is 220 g/mol. The molecule has 0 N–H and O–H groups in total. The van der Waals surface area contributed by atoms with Crippen LogP contribution in [0.3, 0.4) is 0 Å². The molecule has 0 fully saturated rings. The van der Waals surface area contributed by atoms with Gasteiger partial charge in [0.25, 0.3) is 5.56 Å². The Morgan fingerprint density at radius 3 is 2.56 bits per heavy atom. The van der Waals surface area contributed by atoms with Crippen molar-refractivity contribution in [2.75, 3.05) is 7.11 Å². The van der Waals surface area contributed by atoms with Gasteiger partial charge in [-0.15, -0.1) is 0 Å². The molecule has 1 aromatic rings. The minimum atomic E-state index is -0.425. The Kier molecular flexibility index (Phi) is 3.46. The van der Waals surface area contributed by atoms with Crippen LogP contribution in [0.15, 0.2) is 4.79 Å². The lowest BCUT2D eigenvalue weighted by Crippen LogP contribution is -2.27. The van der Waals surface area contributed by atoms with E-state index in [-0.39, 0.29) is 11.4 Å². The summed E-state index contributed by atoms with van der Waals surface area (Å²) in [6, 6.07) is 1.95. The standard InChI is InChI=1S/C11H12N2O3/c1-4-8-7(2)9(5-12)11(16-3)13(6-14)10(8)15/h6H,4H2,1-3H3. The summed E-state index contributed by atoms with van der Waals surface area (Å²) in [4.78, 5) is 22.7. The van der Waals surface area contributed by atoms with Crippen molar-refractivity contribution in [2.24, 2.45) is 0 Å². The Bertz CT molecular complexity index is 524. The van der Waals surface area contributed by atoms with Crippen LogP contribution in [0.4, 0.5) is 0 Å². The summed E-state index contributed by atoms with van der Waals surface area (Å²) < 4.78 is 5.75. The number of ether oxygens (including phenoxy) is 1. The Morgan fingerprint density at radius 2 is 2.19 bits per heavy atom. The number of carbonyl (C=O) groups excluding carboxylic acids is 1. The van der Waals surface area contributed by atoms with Gasteiger partial charge in [0.15, 0.2) is 0 Å². The lowest BCUT2D eigenvalue weighted by atomic mass is 10.0. The molecule has 84 valence electrons. The van der Waals surface area contributed by atoms with E-state index in [2.05, 4.69) is 0 Å².